The van der Waals surface area contributed by atoms with Gasteiger partial charge in [-0.25, -0.2) is 0 Å². The Bertz CT molecular complexity index is 121. The Morgan fingerprint density at radius 2 is 2.18 bits per heavy atom. The molecule has 0 aromatic heterocycles. The van der Waals surface area contributed by atoms with Crippen molar-refractivity contribution < 1.29 is 9.53 Å². The van der Waals surface area contributed by atoms with Crippen LogP contribution in [-0.2, 0) is 9.53 Å². The van der Waals surface area contributed by atoms with E-state index in [0.717, 1.165) is 6.29 Å². The molecule has 11 heavy (non-hydrogen) atoms. The SMILES string of the molecule is [CH2]CC(C)(C=O)OCC(C)C. The van der Waals surface area contributed by atoms with Crippen LogP contribution in [0.25, 0.3) is 0 Å². The average Bonchev–Trinajstić information content (AvgIpc) is 2.00. The molecule has 0 amide bonds. The molecule has 1 unspecified atom stereocenters. The second-order valence-electron chi connectivity index (χ2n) is 3.39. The van der Waals surface area contributed by atoms with Crippen molar-refractivity contribution in [3.63, 3.8) is 0 Å². The molecule has 0 bridgehead atoms. The fourth-order valence-electron chi connectivity index (χ4n) is 0.522. The van der Waals surface area contributed by atoms with Crippen LogP contribution >= 0.6 is 0 Å². The first-order valence-electron chi connectivity index (χ1n) is 3.93. The van der Waals surface area contributed by atoms with E-state index in [1.54, 1.807) is 6.92 Å². The largest absolute Gasteiger partial charge is 0.368 e. The zero-order chi connectivity index (χ0) is 8.91. The third-order valence-electron chi connectivity index (χ3n) is 1.49. The number of hydrogen-bond donors (Lipinski definition) is 0. The van der Waals surface area contributed by atoms with Crippen molar-refractivity contribution in [3.8, 4) is 0 Å². The normalized spacial score (nSPS) is 16.5. The second-order valence-corrected chi connectivity index (χ2v) is 3.39. The molecule has 0 aliphatic heterocycles. The zero-order valence-electron chi connectivity index (χ0n) is 7.59. The summed E-state index contributed by atoms with van der Waals surface area (Å²) in [5.74, 6) is 0.459. The lowest BCUT2D eigenvalue weighted by Crippen LogP contribution is -2.31. The lowest BCUT2D eigenvalue weighted by molar-refractivity contribution is -0.130. The van der Waals surface area contributed by atoms with Crippen LogP contribution in [0.5, 0.6) is 0 Å². The Kier molecular flexibility index (Phi) is 4.34. The third kappa shape index (κ3) is 4.14. The molecule has 0 heterocycles. The highest BCUT2D eigenvalue weighted by Crippen LogP contribution is 2.12. The van der Waals surface area contributed by atoms with Crippen LogP contribution in [-0.4, -0.2) is 18.5 Å². The molecular weight excluding hydrogens is 140 g/mol. The van der Waals surface area contributed by atoms with E-state index in [9.17, 15) is 4.79 Å². The van der Waals surface area contributed by atoms with Gasteiger partial charge in [-0.1, -0.05) is 20.8 Å². The maximum atomic E-state index is 10.5. The fraction of sp³-hybridized carbons (Fsp3) is 0.778. The van der Waals surface area contributed by atoms with Crippen LogP contribution < -0.4 is 0 Å². The summed E-state index contributed by atoms with van der Waals surface area (Å²) in [4.78, 5) is 10.5. The molecule has 65 valence electrons. The van der Waals surface area contributed by atoms with Crippen molar-refractivity contribution in [2.75, 3.05) is 6.61 Å². The maximum absolute atomic E-state index is 10.5. The molecule has 0 fully saturated rings. The first-order chi connectivity index (χ1) is 5.04. The van der Waals surface area contributed by atoms with Gasteiger partial charge in [-0.15, -0.1) is 0 Å². The summed E-state index contributed by atoms with van der Waals surface area (Å²) in [5, 5.41) is 0. The molecule has 0 aliphatic carbocycles. The van der Waals surface area contributed by atoms with Gasteiger partial charge in [-0.3, -0.25) is 0 Å². The van der Waals surface area contributed by atoms with Gasteiger partial charge in [0, 0.05) is 0 Å². The third-order valence-corrected chi connectivity index (χ3v) is 1.49. The van der Waals surface area contributed by atoms with E-state index in [1.807, 2.05) is 13.8 Å². The fourth-order valence-corrected chi connectivity index (χ4v) is 0.522. The Morgan fingerprint density at radius 1 is 1.64 bits per heavy atom. The predicted molar refractivity (Wildman–Crippen MR) is 45.2 cm³/mol. The summed E-state index contributed by atoms with van der Waals surface area (Å²) in [6.45, 7) is 10.1. The monoisotopic (exact) mass is 157 g/mol. The van der Waals surface area contributed by atoms with Crippen LogP contribution in [0.3, 0.4) is 0 Å². The number of aldehydes is 1. The van der Waals surface area contributed by atoms with Crippen LogP contribution in [0.15, 0.2) is 0 Å². The quantitative estimate of drug-likeness (QED) is 0.569. The lowest BCUT2D eigenvalue weighted by atomic mass is 10.1. The maximum Gasteiger partial charge on any atom is 0.151 e. The Balaban J connectivity index is 3.78. The lowest BCUT2D eigenvalue weighted by Gasteiger charge is -2.22. The molecule has 0 spiro atoms. The Morgan fingerprint density at radius 3 is 2.45 bits per heavy atom. The van der Waals surface area contributed by atoms with Gasteiger partial charge in [-0.05, 0) is 19.3 Å². The van der Waals surface area contributed by atoms with Crippen LogP contribution in [0.4, 0.5) is 0 Å². The van der Waals surface area contributed by atoms with Crippen molar-refractivity contribution in [2.24, 2.45) is 5.92 Å². The van der Waals surface area contributed by atoms with Gasteiger partial charge in [-0.2, -0.15) is 0 Å². The van der Waals surface area contributed by atoms with E-state index >= 15 is 0 Å². The van der Waals surface area contributed by atoms with Gasteiger partial charge in [0.05, 0.1) is 6.61 Å². The van der Waals surface area contributed by atoms with Crippen LogP contribution in [0.2, 0.25) is 0 Å². The summed E-state index contributed by atoms with van der Waals surface area (Å²) in [5.41, 5.74) is -0.676. The average molecular weight is 157 g/mol. The molecule has 0 aromatic rings. The highest BCUT2D eigenvalue weighted by Gasteiger charge is 2.21. The highest BCUT2D eigenvalue weighted by molar-refractivity contribution is 5.61. The molecule has 1 radical (unpaired) electrons. The van der Waals surface area contributed by atoms with E-state index in [-0.39, 0.29) is 0 Å². The van der Waals surface area contributed by atoms with Gasteiger partial charge < -0.3 is 9.53 Å². The van der Waals surface area contributed by atoms with E-state index in [1.165, 1.54) is 0 Å². The minimum absolute atomic E-state index is 0.459. The standard InChI is InChI=1S/C9H17O2/c1-5-9(4,7-10)11-6-8(2)3/h7-8H,1,5-6H2,2-4H3. The number of carbonyl (C=O) groups is 1. The predicted octanol–water partition coefficient (Wildman–Crippen LogP) is 1.84. The molecule has 0 rings (SSSR count). The summed E-state index contributed by atoms with van der Waals surface area (Å²) < 4.78 is 5.36. The van der Waals surface area contributed by atoms with Gasteiger partial charge in [0.15, 0.2) is 6.29 Å². The highest BCUT2D eigenvalue weighted by atomic mass is 16.5. The molecule has 1 atom stereocenters. The van der Waals surface area contributed by atoms with Gasteiger partial charge >= 0.3 is 0 Å². The first-order valence-corrected chi connectivity index (χ1v) is 3.93. The van der Waals surface area contributed by atoms with Gasteiger partial charge in [0.1, 0.15) is 5.60 Å². The summed E-state index contributed by atoms with van der Waals surface area (Å²) in [6.07, 6.45) is 1.31. The number of rotatable bonds is 5. The minimum atomic E-state index is -0.676. The Labute approximate surface area is 68.9 Å². The molecule has 0 N–H and O–H groups in total. The van der Waals surface area contributed by atoms with Gasteiger partial charge in [0.2, 0.25) is 0 Å². The summed E-state index contributed by atoms with van der Waals surface area (Å²) in [6, 6.07) is 0. The van der Waals surface area contributed by atoms with E-state index in [0.29, 0.717) is 18.9 Å². The van der Waals surface area contributed by atoms with Gasteiger partial charge in [0.25, 0.3) is 0 Å². The first kappa shape index (κ1) is 10.6. The van der Waals surface area contributed by atoms with Crippen molar-refractivity contribution in [1.82, 2.24) is 0 Å². The molecule has 2 nitrogen and oxygen atoms in total. The Hall–Kier alpha value is -0.370. The number of ether oxygens (including phenoxy) is 1. The molecule has 2 heteroatoms. The zero-order valence-corrected chi connectivity index (χ0v) is 7.59. The van der Waals surface area contributed by atoms with Crippen molar-refractivity contribution >= 4 is 6.29 Å². The van der Waals surface area contributed by atoms with Crippen LogP contribution in [0.1, 0.15) is 27.2 Å². The van der Waals surface area contributed by atoms with E-state index in [4.69, 9.17) is 4.74 Å². The summed E-state index contributed by atoms with van der Waals surface area (Å²) in [7, 11) is 0. The minimum Gasteiger partial charge on any atom is -0.368 e. The van der Waals surface area contributed by atoms with Crippen LogP contribution in [0, 0.1) is 12.8 Å². The van der Waals surface area contributed by atoms with Crippen molar-refractivity contribution in [2.45, 2.75) is 32.8 Å². The molecule has 0 saturated carbocycles. The molecule has 0 aliphatic rings. The smallest absolute Gasteiger partial charge is 0.151 e. The number of carbonyl (C=O) groups excluding carboxylic acids is 1. The summed E-state index contributed by atoms with van der Waals surface area (Å²) >= 11 is 0. The van der Waals surface area contributed by atoms with Crippen molar-refractivity contribution in [3.05, 3.63) is 6.92 Å². The van der Waals surface area contributed by atoms with E-state index in [2.05, 4.69) is 6.92 Å². The second kappa shape index (κ2) is 4.50. The topological polar surface area (TPSA) is 26.3 Å². The molecule has 0 saturated heterocycles. The number of hydrogen-bond acceptors (Lipinski definition) is 2. The molecule has 0 aromatic carbocycles. The molecular formula is C9H17O2. The van der Waals surface area contributed by atoms with Crippen molar-refractivity contribution in [1.29, 1.82) is 0 Å². The van der Waals surface area contributed by atoms with E-state index < -0.39 is 5.60 Å².